The van der Waals surface area contributed by atoms with Crippen LogP contribution in [0, 0.1) is 12.8 Å². The van der Waals surface area contributed by atoms with Crippen molar-refractivity contribution in [1.82, 2.24) is 5.32 Å². The number of carbonyl (C=O) groups excluding carboxylic acids is 1. The SMILES string of the molecule is Cc1ccc(NC(=O)N[C@@H]2C=C[C@H](CO)C2)cc1OC(F)F. The Hall–Kier alpha value is -2.15. The predicted molar refractivity (Wildman–Crippen MR) is 78.1 cm³/mol. The van der Waals surface area contributed by atoms with Crippen molar-refractivity contribution in [1.29, 1.82) is 0 Å². The molecule has 1 aliphatic rings. The molecule has 1 aromatic rings. The molecule has 0 unspecified atom stereocenters. The molecule has 0 fully saturated rings. The second-order valence-corrected chi connectivity index (χ2v) is 5.13. The molecule has 0 aliphatic heterocycles. The van der Waals surface area contributed by atoms with Gasteiger partial charge in [-0.3, -0.25) is 0 Å². The quantitative estimate of drug-likeness (QED) is 0.732. The summed E-state index contributed by atoms with van der Waals surface area (Å²) in [5, 5.41) is 14.3. The zero-order valence-electron chi connectivity index (χ0n) is 12.1. The molecule has 0 radical (unpaired) electrons. The van der Waals surface area contributed by atoms with Gasteiger partial charge in [0, 0.05) is 30.3 Å². The number of anilines is 1. The summed E-state index contributed by atoms with van der Waals surface area (Å²) in [5.74, 6) is 0.0737. The molecule has 22 heavy (non-hydrogen) atoms. The van der Waals surface area contributed by atoms with Crippen molar-refractivity contribution >= 4 is 11.7 Å². The van der Waals surface area contributed by atoms with Crippen LogP contribution in [-0.2, 0) is 0 Å². The van der Waals surface area contributed by atoms with Crippen LogP contribution in [0.25, 0.3) is 0 Å². The van der Waals surface area contributed by atoms with Crippen LogP contribution in [0.2, 0.25) is 0 Å². The second-order valence-electron chi connectivity index (χ2n) is 5.13. The highest BCUT2D eigenvalue weighted by molar-refractivity contribution is 5.89. The minimum Gasteiger partial charge on any atom is -0.434 e. The van der Waals surface area contributed by atoms with Gasteiger partial charge >= 0.3 is 12.6 Å². The Kier molecular flexibility index (Phi) is 5.32. The van der Waals surface area contributed by atoms with Gasteiger partial charge in [-0.15, -0.1) is 0 Å². The van der Waals surface area contributed by atoms with Crippen LogP contribution < -0.4 is 15.4 Å². The maximum absolute atomic E-state index is 12.3. The molecule has 0 spiro atoms. The number of nitrogens with one attached hydrogen (secondary N) is 2. The highest BCUT2D eigenvalue weighted by atomic mass is 19.3. The number of aliphatic hydroxyl groups excluding tert-OH is 1. The molecule has 2 atom stereocenters. The smallest absolute Gasteiger partial charge is 0.387 e. The summed E-state index contributed by atoms with van der Waals surface area (Å²) in [5.41, 5.74) is 0.912. The van der Waals surface area contributed by atoms with Crippen LogP contribution >= 0.6 is 0 Å². The van der Waals surface area contributed by atoms with Gasteiger partial charge in [-0.05, 0) is 25.0 Å². The monoisotopic (exact) mass is 312 g/mol. The maximum Gasteiger partial charge on any atom is 0.387 e. The molecule has 120 valence electrons. The Bertz CT molecular complexity index is 564. The summed E-state index contributed by atoms with van der Waals surface area (Å²) in [7, 11) is 0. The van der Waals surface area contributed by atoms with E-state index in [0.717, 1.165) is 0 Å². The third-order valence-electron chi connectivity index (χ3n) is 3.39. The number of alkyl halides is 2. The van der Waals surface area contributed by atoms with Gasteiger partial charge in [0.2, 0.25) is 0 Å². The Morgan fingerprint density at radius 2 is 2.23 bits per heavy atom. The van der Waals surface area contributed by atoms with Crippen LogP contribution in [0.15, 0.2) is 30.4 Å². The minimum atomic E-state index is -2.91. The Morgan fingerprint density at radius 1 is 1.45 bits per heavy atom. The number of amides is 2. The first kappa shape index (κ1) is 16.2. The molecule has 0 saturated heterocycles. The van der Waals surface area contributed by atoms with E-state index in [9.17, 15) is 13.6 Å². The average molecular weight is 312 g/mol. The van der Waals surface area contributed by atoms with Crippen molar-refractivity contribution in [2.45, 2.75) is 26.0 Å². The van der Waals surface area contributed by atoms with E-state index in [-0.39, 0.29) is 24.3 Å². The number of urea groups is 1. The first-order valence-corrected chi connectivity index (χ1v) is 6.90. The molecule has 0 heterocycles. The normalized spacial score (nSPS) is 20.2. The highest BCUT2D eigenvalue weighted by Gasteiger charge is 2.19. The molecule has 0 saturated carbocycles. The number of ether oxygens (including phenoxy) is 1. The third kappa shape index (κ3) is 4.42. The molecule has 3 N–H and O–H groups in total. The number of carbonyl (C=O) groups is 1. The fourth-order valence-electron chi connectivity index (χ4n) is 2.25. The van der Waals surface area contributed by atoms with Gasteiger partial charge in [-0.25, -0.2) is 4.79 Å². The van der Waals surface area contributed by atoms with E-state index in [1.807, 2.05) is 12.2 Å². The lowest BCUT2D eigenvalue weighted by molar-refractivity contribution is -0.0502. The van der Waals surface area contributed by atoms with Gasteiger partial charge in [0.1, 0.15) is 5.75 Å². The highest BCUT2D eigenvalue weighted by Crippen LogP contribution is 2.24. The Labute approximate surface area is 127 Å². The lowest BCUT2D eigenvalue weighted by Crippen LogP contribution is -2.36. The minimum absolute atomic E-state index is 0.0221. The van der Waals surface area contributed by atoms with Gasteiger partial charge in [0.15, 0.2) is 0 Å². The van der Waals surface area contributed by atoms with Crippen LogP contribution in [0.4, 0.5) is 19.3 Å². The lowest BCUT2D eigenvalue weighted by atomic mass is 10.1. The van der Waals surface area contributed by atoms with Crippen LogP contribution in [0.3, 0.4) is 0 Å². The van der Waals surface area contributed by atoms with Crippen LogP contribution in [-0.4, -0.2) is 30.4 Å². The third-order valence-corrected chi connectivity index (χ3v) is 3.39. The molecule has 5 nitrogen and oxygen atoms in total. The second kappa shape index (κ2) is 7.22. The van der Waals surface area contributed by atoms with Gasteiger partial charge in [0.25, 0.3) is 0 Å². The maximum atomic E-state index is 12.3. The standard InChI is InChI=1S/C15H18F2N2O3/c1-9-2-4-12(7-13(9)22-14(16)17)19-15(21)18-11-5-3-10(6-11)8-20/h2-5,7,10-11,14,20H,6,8H2,1H3,(H2,18,19,21)/t10-,11+/m0/s1. The zero-order chi connectivity index (χ0) is 16.1. The molecular formula is C15H18F2N2O3. The summed E-state index contributed by atoms with van der Waals surface area (Å²) >= 11 is 0. The fourth-order valence-corrected chi connectivity index (χ4v) is 2.25. The first-order valence-electron chi connectivity index (χ1n) is 6.90. The van der Waals surface area contributed by atoms with Crippen LogP contribution in [0.5, 0.6) is 5.75 Å². The van der Waals surface area contributed by atoms with Crippen molar-refractivity contribution < 1.29 is 23.4 Å². The Morgan fingerprint density at radius 3 is 2.86 bits per heavy atom. The zero-order valence-corrected chi connectivity index (χ0v) is 12.1. The van der Waals surface area contributed by atoms with Gasteiger partial charge in [-0.2, -0.15) is 8.78 Å². The van der Waals surface area contributed by atoms with Gasteiger partial charge in [0.05, 0.1) is 0 Å². The van der Waals surface area contributed by atoms with Crippen molar-refractivity contribution in [3.05, 3.63) is 35.9 Å². The number of benzene rings is 1. The average Bonchev–Trinajstić information content (AvgIpc) is 2.89. The molecule has 1 aliphatic carbocycles. The van der Waals surface area contributed by atoms with E-state index < -0.39 is 12.6 Å². The van der Waals surface area contributed by atoms with Gasteiger partial charge in [-0.1, -0.05) is 18.2 Å². The summed E-state index contributed by atoms with van der Waals surface area (Å²) in [4.78, 5) is 11.9. The number of aliphatic hydroxyl groups is 1. The molecule has 2 amide bonds. The van der Waals surface area contributed by atoms with E-state index >= 15 is 0 Å². The topological polar surface area (TPSA) is 70.6 Å². The number of hydrogen-bond donors (Lipinski definition) is 3. The van der Waals surface area contributed by atoms with E-state index in [2.05, 4.69) is 15.4 Å². The fraction of sp³-hybridized carbons (Fsp3) is 0.400. The van der Waals surface area contributed by atoms with E-state index in [0.29, 0.717) is 17.7 Å². The molecule has 7 heteroatoms. The molecule has 1 aromatic carbocycles. The van der Waals surface area contributed by atoms with Crippen molar-refractivity contribution in [3.63, 3.8) is 0 Å². The molecule has 0 aromatic heterocycles. The molecular weight excluding hydrogens is 294 g/mol. The number of aryl methyl sites for hydroxylation is 1. The van der Waals surface area contributed by atoms with E-state index in [1.165, 1.54) is 6.07 Å². The van der Waals surface area contributed by atoms with Crippen LogP contribution in [0.1, 0.15) is 12.0 Å². The lowest BCUT2D eigenvalue weighted by Gasteiger charge is -2.15. The largest absolute Gasteiger partial charge is 0.434 e. The predicted octanol–water partition coefficient (Wildman–Crippen LogP) is 2.65. The Balaban J connectivity index is 1.93. The van der Waals surface area contributed by atoms with Crippen molar-refractivity contribution in [3.8, 4) is 5.75 Å². The summed E-state index contributed by atoms with van der Waals surface area (Å²) in [6.45, 7) is -1.23. The van der Waals surface area contributed by atoms with E-state index in [4.69, 9.17) is 5.11 Å². The number of hydrogen-bond acceptors (Lipinski definition) is 3. The number of rotatable bonds is 5. The summed E-state index contributed by atoms with van der Waals surface area (Å²) in [6.07, 6.45) is 4.31. The molecule has 0 bridgehead atoms. The number of halogens is 2. The van der Waals surface area contributed by atoms with E-state index in [1.54, 1.807) is 19.1 Å². The summed E-state index contributed by atoms with van der Waals surface area (Å²) < 4.78 is 29.0. The van der Waals surface area contributed by atoms with Crippen molar-refractivity contribution in [2.75, 3.05) is 11.9 Å². The van der Waals surface area contributed by atoms with Gasteiger partial charge < -0.3 is 20.5 Å². The van der Waals surface area contributed by atoms with Crippen molar-refractivity contribution in [2.24, 2.45) is 5.92 Å². The summed E-state index contributed by atoms with van der Waals surface area (Å²) in [6, 6.07) is 3.94. The molecule has 2 rings (SSSR count). The first-order chi connectivity index (χ1) is 10.5.